The standard InChI is InChI=1S/C18H20N4O2S2/c1-3-9-22-17(15-8-5-10-25-15)20-21-18(22)26-12-16(23)19-13-6-4-7-14(11-13)24-2/h4-8,10-11H,3,9,12H2,1-2H3,(H,19,23). The van der Waals surface area contributed by atoms with Crippen molar-refractivity contribution in [2.75, 3.05) is 18.2 Å². The third-order valence-electron chi connectivity index (χ3n) is 3.59. The summed E-state index contributed by atoms with van der Waals surface area (Å²) in [6.07, 6.45) is 0.972. The summed E-state index contributed by atoms with van der Waals surface area (Å²) in [5.41, 5.74) is 0.712. The van der Waals surface area contributed by atoms with Crippen LogP contribution in [0.1, 0.15) is 13.3 Å². The van der Waals surface area contributed by atoms with Crippen molar-refractivity contribution in [3.8, 4) is 16.5 Å². The third-order valence-corrected chi connectivity index (χ3v) is 5.42. The minimum Gasteiger partial charge on any atom is -0.497 e. The number of ether oxygens (including phenoxy) is 1. The van der Waals surface area contributed by atoms with Gasteiger partial charge in [-0.1, -0.05) is 30.8 Å². The van der Waals surface area contributed by atoms with Crippen LogP contribution < -0.4 is 10.1 Å². The molecule has 2 aromatic heterocycles. The van der Waals surface area contributed by atoms with Crippen molar-refractivity contribution in [3.05, 3.63) is 41.8 Å². The molecule has 0 fully saturated rings. The van der Waals surface area contributed by atoms with Gasteiger partial charge in [0.15, 0.2) is 11.0 Å². The van der Waals surface area contributed by atoms with Gasteiger partial charge in [-0.15, -0.1) is 21.5 Å². The molecule has 0 saturated carbocycles. The van der Waals surface area contributed by atoms with Crippen molar-refractivity contribution >= 4 is 34.7 Å². The number of hydrogen-bond acceptors (Lipinski definition) is 6. The van der Waals surface area contributed by atoms with Crippen molar-refractivity contribution in [1.29, 1.82) is 0 Å². The molecule has 1 N–H and O–H groups in total. The highest BCUT2D eigenvalue weighted by atomic mass is 32.2. The van der Waals surface area contributed by atoms with Gasteiger partial charge in [-0.05, 0) is 30.0 Å². The Hall–Kier alpha value is -2.32. The molecule has 0 unspecified atom stereocenters. The van der Waals surface area contributed by atoms with Crippen LogP contribution in [-0.4, -0.2) is 33.5 Å². The molecule has 0 aliphatic heterocycles. The van der Waals surface area contributed by atoms with Crippen LogP contribution in [0, 0.1) is 0 Å². The van der Waals surface area contributed by atoms with Gasteiger partial charge >= 0.3 is 0 Å². The van der Waals surface area contributed by atoms with E-state index in [9.17, 15) is 4.79 Å². The molecular weight excluding hydrogens is 368 g/mol. The van der Waals surface area contributed by atoms with Crippen LogP contribution in [0.2, 0.25) is 0 Å². The predicted molar refractivity (Wildman–Crippen MR) is 106 cm³/mol. The normalized spacial score (nSPS) is 10.7. The van der Waals surface area contributed by atoms with Crippen molar-refractivity contribution in [3.63, 3.8) is 0 Å². The number of carbonyl (C=O) groups excluding carboxylic acids is 1. The minimum atomic E-state index is -0.0908. The average Bonchev–Trinajstić information content (AvgIpc) is 3.30. The summed E-state index contributed by atoms with van der Waals surface area (Å²) in [6.45, 7) is 2.93. The van der Waals surface area contributed by atoms with Crippen molar-refractivity contribution < 1.29 is 9.53 Å². The zero-order valence-electron chi connectivity index (χ0n) is 14.6. The first-order chi connectivity index (χ1) is 12.7. The minimum absolute atomic E-state index is 0.0908. The molecule has 3 aromatic rings. The summed E-state index contributed by atoms with van der Waals surface area (Å²) in [4.78, 5) is 13.3. The summed E-state index contributed by atoms with van der Waals surface area (Å²) < 4.78 is 7.25. The van der Waals surface area contributed by atoms with E-state index in [1.165, 1.54) is 11.8 Å². The van der Waals surface area contributed by atoms with E-state index in [4.69, 9.17) is 4.74 Å². The lowest BCUT2D eigenvalue weighted by molar-refractivity contribution is -0.113. The second-order valence-electron chi connectivity index (χ2n) is 5.50. The van der Waals surface area contributed by atoms with Gasteiger partial charge in [0.1, 0.15) is 5.75 Å². The van der Waals surface area contributed by atoms with E-state index in [0.29, 0.717) is 11.4 Å². The topological polar surface area (TPSA) is 69.0 Å². The molecular formula is C18H20N4O2S2. The summed E-state index contributed by atoms with van der Waals surface area (Å²) in [6, 6.07) is 11.3. The number of carbonyl (C=O) groups is 1. The second kappa shape index (κ2) is 8.86. The lowest BCUT2D eigenvalue weighted by atomic mass is 10.3. The molecule has 0 aliphatic carbocycles. The van der Waals surface area contributed by atoms with Gasteiger partial charge in [-0.25, -0.2) is 0 Å². The Balaban J connectivity index is 1.66. The van der Waals surface area contributed by atoms with Crippen LogP contribution >= 0.6 is 23.1 Å². The van der Waals surface area contributed by atoms with Gasteiger partial charge in [0, 0.05) is 18.3 Å². The molecule has 0 spiro atoms. The van der Waals surface area contributed by atoms with Crippen LogP contribution in [0.3, 0.4) is 0 Å². The number of benzene rings is 1. The largest absolute Gasteiger partial charge is 0.497 e. The van der Waals surface area contributed by atoms with Crippen LogP contribution in [0.25, 0.3) is 10.7 Å². The molecule has 1 amide bonds. The predicted octanol–water partition coefficient (Wildman–Crippen LogP) is 4.16. The van der Waals surface area contributed by atoms with Gasteiger partial charge in [0.25, 0.3) is 0 Å². The molecule has 2 heterocycles. The molecule has 26 heavy (non-hydrogen) atoms. The van der Waals surface area contributed by atoms with E-state index in [1.54, 1.807) is 24.5 Å². The van der Waals surface area contributed by atoms with Crippen LogP contribution in [0.15, 0.2) is 46.9 Å². The number of nitrogens with zero attached hydrogens (tertiary/aromatic N) is 3. The Morgan fingerprint density at radius 1 is 1.31 bits per heavy atom. The molecule has 3 rings (SSSR count). The molecule has 6 nitrogen and oxygen atoms in total. The van der Waals surface area contributed by atoms with E-state index in [0.717, 1.165) is 28.8 Å². The molecule has 0 radical (unpaired) electrons. The van der Waals surface area contributed by atoms with Crippen LogP contribution in [0.4, 0.5) is 5.69 Å². The van der Waals surface area contributed by atoms with E-state index in [-0.39, 0.29) is 11.7 Å². The summed E-state index contributed by atoms with van der Waals surface area (Å²) in [7, 11) is 1.60. The summed E-state index contributed by atoms with van der Waals surface area (Å²) in [5, 5.41) is 14.3. The third kappa shape index (κ3) is 4.44. The van der Waals surface area contributed by atoms with Gasteiger partial charge in [-0.2, -0.15) is 0 Å². The first-order valence-electron chi connectivity index (χ1n) is 8.25. The Bertz CT molecular complexity index is 862. The van der Waals surface area contributed by atoms with Gasteiger partial charge < -0.3 is 14.6 Å². The van der Waals surface area contributed by atoms with Crippen molar-refractivity contribution in [2.45, 2.75) is 25.0 Å². The first-order valence-corrected chi connectivity index (χ1v) is 10.1. The zero-order chi connectivity index (χ0) is 18.4. The molecule has 1 aromatic carbocycles. The number of amides is 1. The SMILES string of the molecule is CCCn1c(SCC(=O)Nc2cccc(OC)c2)nnc1-c1cccs1. The van der Waals surface area contributed by atoms with E-state index < -0.39 is 0 Å². The van der Waals surface area contributed by atoms with E-state index in [1.807, 2.05) is 35.7 Å². The zero-order valence-corrected chi connectivity index (χ0v) is 16.3. The number of nitrogens with one attached hydrogen (secondary N) is 1. The maximum absolute atomic E-state index is 12.3. The number of thioether (sulfide) groups is 1. The van der Waals surface area contributed by atoms with Gasteiger partial charge in [0.2, 0.25) is 5.91 Å². The Labute approximate surface area is 160 Å². The number of rotatable bonds is 8. The molecule has 0 atom stereocenters. The number of hydrogen-bond donors (Lipinski definition) is 1. The highest BCUT2D eigenvalue weighted by Gasteiger charge is 2.16. The maximum atomic E-state index is 12.3. The molecule has 0 saturated heterocycles. The highest BCUT2D eigenvalue weighted by molar-refractivity contribution is 7.99. The monoisotopic (exact) mass is 388 g/mol. The van der Waals surface area contributed by atoms with E-state index >= 15 is 0 Å². The second-order valence-corrected chi connectivity index (χ2v) is 7.39. The summed E-state index contributed by atoms with van der Waals surface area (Å²) >= 11 is 3.03. The number of thiophene rings is 1. The fourth-order valence-corrected chi connectivity index (χ4v) is 3.92. The van der Waals surface area contributed by atoms with Crippen LogP contribution in [-0.2, 0) is 11.3 Å². The summed E-state index contributed by atoms with van der Waals surface area (Å²) in [5.74, 6) is 1.74. The molecule has 8 heteroatoms. The Morgan fingerprint density at radius 2 is 2.19 bits per heavy atom. The molecule has 0 aliphatic rings. The van der Waals surface area contributed by atoms with Crippen molar-refractivity contribution in [2.24, 2.45) is 0 Å². The Kier molecular flexibility index (Phi) is 6.30. The van der Waals surface area contributed by atoms with Crippen LogP contribution in [0.5, 0.6) is 5.75 Å². The lowest BCUT2D eigenvalue weighted by Gasteiger charge is -2.09. The average molecular weight is 389 g/mol. The number of aromatic nitrogens is 3. The smallest absolute Gasteiger partial charge is 0.234 e. The van der Waals surface area contributed by atoms with Gasteiger partial charge in [0.05, 0.1) is 17.7 Å². The van der Waals surface area contributed by atoms with E-state index in [2.05, 4.69) is 27.0 Å². The first kappa shape index (κ1) is 18.5. The van der Waals surface area contributed by atoms with Gasteiger partial charge in [-0.3, -0.25) is 4.79 Å². The molecule has 136 valence electrons. The fraction of sp³-hybridized carbons (Fsp3) is 0.278. The lowest BCUT2D eigenvalue weighted by Crippen LogP contribution is -2.14. The maximum Gasteiger partial charge on any atom is 0.234 e. The number of methoxy groups -OCH3 is 1. The highest BCUT2D eigenvalue weighted by Crippen LogP contribution is 2.27. The quantitative estimate of drug-likeness (QED) is 0.587. The molecule has 0 bridgehead atoms. The Morgan fingerprint density at radius 3 is 2.92 bits per heavy atom. The fourth-order valence-electron chi connectivity index (χ4n) is 2.44. The number of anilines is 1. The van der Waals surface area contributed by atoms with Crippen molar-refractivity contribution in [1.82, 2.24) is 14.8 Å².